The Bertz CT molecular complexity index is 1020. The van der Waals surface area contributed by atoms with E-state index in [0.29, 0.717) is 18.8 Å². The molecule has 31 heavy (non-hydrogen) atoms. The fourth-order valence-corrected chi connectivity index (χ4v) is 4.99. The van der Waals surface area contributed by atoms with E-state index in [9.17, 15) is 14.7 Å². The highest BCUT2D eigenvalue weighted by Gasteiger charge is 2.31. The average Bonchev–Trinajstić information content (AvgIpc) is 3.08. The van der Waals surface area contributed by atoms with E-state index >= 15 is 0 Å². The van der Waals surface area contributed by atoms with Crippen molar-refractivity contribution in [1.82, 2.24) is 5.32 Å². The van der Waals surface area contributed by atoms with Gasteiger partial charge in [0.25, 0.3) is 5.24 Å². The number of fused-ring (bicyclic) bond motifs is 1. The number of carbonyl (C=O) groups excluding carboxylic acids is 2. The molecular formula is C24H27NO5S. The van der Waals surface area contributed by atoms with Crippen LogP contribution in [0.25, 0.3) is 0 Å². The summed E-state index contributed by atoms with van der Waals surface area (Å²) in [6.45, 7) is 6.42. The Morgan fingerprint density at radius 2 is 1.87 bits per heavy atom. The van der Waals surface area contributed by atoms with Crippen molar-refractivity contribution in [2.45, 2.75) is 57.8 Å². The van der Waals surface area contributed by atoms with Crippen LogP contribution in [0.5, 0.6) is 17.2 Å². The van der Waals surface area contributed by atoms with E-state index < -0.39 is 0 Å². The maximum absolute atomic E-state index is 11.7. The van der Waals surface area contributed by atoms with Crippen LogP contribution in [-0.4, -0.2) is 34.2 Å². The van der Waals surface area contributed by atoms with Crippen LogP contribution in [0.3, 0.4) is 0 Å². The lowest BCUT2D eigenvalue weighted by Gasteiger charge is -2.30. The number of imide groups is 1. The Labute approximate surface area is 186 Å². The minimum Gasteiger partial charge on any atom is -0.507 e. The maximum atomic E-state index is 11.7. The highest BCUT2D eigenvalue weighted by molar-refractivity contribution is 8.15. The van der Waals surface area contributed by atoms with Gasteiger partial charge in [-0.25, -0.2) is 0 Å². The van der Waals surface area contributed by atoms with Gasteiger partial charge in [0.05, 0.1) is 11.9 Å². The van der Waals surface area contributed by atoms with Crippen LogP contribution in [0.4, 0.5) is 4.79 Å². The number of amides is 2. The minimum atomic E-state index is -0.358. The first kappa shape index (κ1) is 21.6. The van der Waals surface area contributed by atoms with E-state index in [1.54, 1.807) is 0 Å². The van der Waals surface area contributed by atoms with Crippen molar-refractivity contribution >= 4 is 22.9 Å². The van der Waals surface area contributed by atoms with Crippen LogP contribution >= 0.6 is 11.8 Å². The quantitative estimate of drug-likeness (QED) is 0.692. The average molecular weight is 442 g/mol. The van der Waals surface area contributed by atoms with Crippen molar-refractivity contribution in [2.75, 3.05) is 6.61 Å². The highest BCUT2D eigenvalue weighted by Crippen LogP contribution is 2.41. The zero-order valence-corrected chi connectivity index (χ0v) is 18.8. The van der Waals surface area contributed by atoms with E-state index in [0.717, 1.165) is 70.3 Å². The molecule has 2 atom stereocenters. The molecular weight excluding hydrogens is 414 g/mol. The molecule has 2 amide bonds. The molecule has 0 spiro atoms. The molecule has 6 nitrogen and oxygen atoms in total. The van der Waals surface area contributed by atoms with Gasteiger partial charge >= 0.3 is 0 Å². The summed E-state index contributed by atoms with van der Waals surface area (Å²) in [5, 5.41) is 12.0. The van der Waals surface area contributed by atoms with E-state index in [1.165, 1.54) is 0 Å². The van der Waals surface area contributed by atoms with Crippen LogP contribution in [0.1, 0.15) is 40.7 Å². The van der Waals surface area contributed by atoms with Crippen molar-refractivity contribution in [3.63, 3.8) is 0 Å². The summed E-state index contributed by atoms with van der Waals surface area (Å²) >= 11 is 1.04. The number of thioether (sulfide) groups is 1. The number of ether oxygens (including phenoxy) is 2. The number of nitrogens with one attached hydrogen (secondary N) is 1. The number of hydrogen-bond donors (Lipinski definition) is 2. The summed E-state index contributed by atoms with van der Waals surface area (Å²) in [6, 6.07) is 7.65. The van der Waals surface area contributed by atoms with Gasteiger partial charge in [-0.1, -0.05) is 23.9 Å². The van der Waals surface area contributed by atoms with E-state index in [4.69, 9.17) is 9.47 Å². The zero-order chi connectivity index (χ0) is 22.1. The van der Waals surface area contributed by atoms with Crippen molar-refractivity contribution in [1.29, 1.82) is 0 Å². The number of rotatable bonds is 6. The van der Waals surface area contributed by atoms with Crippen LogP contribution in [0.2, 0.25) is 0 Å². The molecule has 0 saturated carbocycles. The van der Waals surface area contributed by atoms with Crippen molar-refractivity contribution in [3.05, 3.63) is 52.1 Å². The number of benzene rings is 2. The number of carbonyl (C=O) groups is 2. The first-order valence-electron chi connectivity index (χ1n) is 10.5. The molecule has 2 aliphatic heterocycles. The van der Waals surface area contributed by atoms with Gasteiger partial charge in [0.2, 0.25) is 5.91 Å². The number of phenolic OH excluding ortho intramolecular Hbond substituents is 1. The third-order valence-corrected chi connectivity index (χ3v) is 7.14. The molecule has 164 valence electrons. The third kappa shape index (κ3) is 4.51. The van der Waals surface area contributed by atoms with Crippen LogP contribution in [-0.2, 0) is 17.6 Å². The molecule has 2 aromatic carbocycles. The highest BCUT2D eigenvalue weighted by atomic mass is 32.2. The van der Waals surface area contributed by atoms with Gasteiger partial charge in [0.1, 0.15) is 23.4 Å². The fraction of sp³-hybridized carbons (Fsp3) is 0.417. The Morgan fingerprint density at radius 3 is 2.55 bits per heavy atom. The van der Waals surface area contributed by atoms with Crippen molar-refractivity contribution in [2.24, 2.45) is 0 Å². The summed E-state index contributed by atoms with van der Waals surface area (Å²) in [7, 11) is 0. The maximum Gasteiger partial charge on any atom is 0.286 e. The zero-order valence-electron chi connectivity index (χ0n) is 18.0. The predicted molar refractivity (Wildman–Crippen MR) is 120 cm³/mol. The lowest BCUT2D eigenvalue weighted by atomic mass is 9.91. The molecule has 0 aromatic heterocycles. The Hall–Kier alpha value is -2.67. The molecule has 7 heteroatoms. The second-order valence-corrected chi connectivity index (χ2v) is 9.35. The topological polar surface area (TPSA) is 84.9 Å². The largest absolute Gasteiger partial charge is 0.507 e. The van der Waals surface area contributed by atoms with Gasteiger partial charge in [-0.05, 0) is 74.4 Å². The molecule has 4 rings (SSSR count). The molecule has 0 radical (unpaired) electrons. The first-order valence-corrected chi connectivity index (χ1v) is 11.4. The van der Waals surface area contributed by atoms with E-state index in [2.05, 4.69) is 5.32 Å². The standard InChI is InChI=1S/C24H27NO5S/c1-13-14(2)22-19(15(3)21(13)26)9-8-18(30-22)10-11-29-17-6-4-16(5-7-17)12-20-23(27)25-24(28)31-20/h4-7,18,20,26H,8-12H2,1-3H3,(H,25,27,28). The first-order chi connectivity index (χ1) is 14.8. The molecule has 2 aliphatic rings. The third-order valence-electron chi connectivity index (χ3n) is 6.16. The Balaban J connectivity index is 1.29. The molecule has 2 unspecified atom stereocenters. The minimum absolute atomic E-state index is 0.0873. The monoisotopic (exact) mass is 441 g/mol. The summed E-state index contributed by atoms with van der Waals surface area (Å²) in [5.74, 6) is 1.84. The summed E-state index contributed by atoms with van der Waals surface area (Å²) in [4.78, 5) is 23.0. The summed E-state index contributed by atoms with van der Waals surface area (Å²) < 4.78 is 12.2. The smallest absolute Gasteiger partial charge is 0.286 e. The second-order valence-electron chi connectivity index (χ2n) is 8.18. The van der Waals surface area contributed by atoms with Gasteiger partial charge in [0.15, 0.2) is 0 Å². The van der Waals surface area contributed by atoms with Gasteiger partial charge in [-0.15, -0.1) is 0 Å². The molecule has 1 saturated heterocycles. The van der Waals surface area contributed by atoms with E-state index in [1.807, 2.05) is 45.0 Å². The van der Waals surface area contributed by atoms with Gasteiger partial charge < -0.3 is 14.6 Å². The van der Waals surface area contributed by atoms with Crippen molar-refractivity contribution < 1.29 is 24.2 Å². The summed E-state index contributed by atoms with van der Waals surface area (Å²) in [6.07, 6.45) is 3.18. The number of phenols is 1. The van der Waals surface area contributed by atoms with Crippen LogP contribution in [0, 0.1) is 20.8 Å². The fourth-order valence-electron chi connectivity index (χ4n) is 4.14. The predicted octanol–water partition coefficient (Wildman–Crippen LogP) is 4.37. The van der Waals surface area contributed by atoms with Crippen molar-refractivity contribution in [3.8, 4) is 17.2 Å². The SMILES string of the molecule is Cc1c(C)c2c(c(C)c1O)CCC(CCOc1ccc(CC3SC(=O)NC3=O)cc1)O2. The molecule has 2 aromatic rings. The molecule has 2 N–H and O–H groups in total. The van der Waals surface area contributed by atoms with Crippen LogP contribution < -0.4 is 14.8 Å². The lowest BCUT2D eigenvalue weighted by Crippen LogP contribution is -2.26. The molecule has 2 heterocycles. The Morgan fingerprint density at radius 1 is 1.13 bits per heavy atom. The molecule has 0 aliphatic carbocycles. The van der Waals surface area contributed by atoms with E-state index in [-0.39, 0.29) is 22.5 Å². The normalized spacial score (nSPS) is 20.2. The van der Waals surface area contributed by atoms with Gasteiger partial charge in [-0.3, -0.25) is 14.9 Å². The van der Waals surface area contributed by atoms with Gasteiger partial charge in [0, 0.05) is 12.0 Å². The number of aromatic hydroxyl groups is 1. The van der Waals surface area contributed by atoms with Gasteiger partial charge in [-0.2, -0.15) is 0 Å². The second kappa shape index (κ2) is 8.83. The lowest BCUT2D eigenvalue weighted by molar-refractivity contribution is -0.118. The summed E-state index contributed by atoms with van der Waals surface area (Å²) in [5.41, 5.74) is 4.92. The number of hydrogen-bond acceptors (Lipinski definition) is 6. The molecule has 1 fully saturated rings. The Kier molecular flexibility index (Phi) is 6.14. The molecule has 0 bridgehead atoms. The van der Waals surface area contributed by atoms with Crippen LogP contribution in [0.15, 0.2) is 24.3 Å².